The Morgan fingerprint density at radius 1 is 1.36 bits per heavy atom. The summed E-state index contributed by atoms with van der Waals surface area (Å²) in [6.07, 6.45) is 5.71. The smallest absolute Gasteiger partial charge is 0.274 e. The Morgan fingerprint density at radius 2 is 2.20 bits per heavy atom. The molecule has 0 bridgehead atoms. The highest BCUT2D eigenvalue weighted by Crippen LogP contribution is 2.28. The van der Waals surface area contributed by atoms with Crippen molar-refractivity contribution in [3.8, 4) is 0 Å². The van der Waals surface area contributed by atoms with Crippen LogP contribution < -0.4 is 0 Å². The van der Waals surface area contributed by atoms with E-state index < -0.39 is 0 Å². The number of amides is 1. The summed E-state index contributed by atoms with van der Waals surface area (Å²) < 4.78 is 2.17. The molecular weight excluding hydrogens is 336 g/mol. The van der Waals surface area contributed by atoms with E-state index in [2.05, 4.69) is 30.1 Å². The van der Waals surface area contributed by atoms with Crippen LogP contribution in [0.1, 0.15) is 46.5 Å². The molecule has 130 valence electrons. The van der Waals surface area contributed by atoms with E-state index in [9.17, 15) is 4.79 Å². The molecule has 1 saturated heterocycles. The average molecular weight is 356 g/mol. The molecule has 4 heterocycles. The van der Waals surface area contributed by atoms with Gasteiger partial charge in [-0.3, -0.25) is 9.89 Å². The number of aryl methyl sites for hydroxylation is 1. The van der Waals surface area contributed by atoms with Crippen LogP contribution in [-0.4, -0.2) is 48.6 Å². The molecule has 0 aliphatic carbocycles. The molecule has 1 aliphatic heterocycles. The van der Waals surface area contributed by atoms with Gasteiger partial charge in [0.1, 0.15) is 11.5 Å². The summed E-state index contributed by atoms with van der Waals surface area (Å²) in [6, 6.07) is 1.80. The second-order valence-corrected chi connectivity index (χ2v) is 7.11. The molecule has 3 aromatic heterocycles. The number of carbonyl (C=O) groups excluding carboxylic acids is 1. The van der Waals surface area contributed by atoms with Gasteiger partial charge in [0.2, 0.25) is 0 Å². The summed E-state index contributed by atoms with van der Waals surface area (Å²) in [7, 11) is 0. The monoisotopic (exact) mass is 356 g/mol. The zero-order valence-electron chi connectivity index (χ0n) is 14.1. The summed E-state index contributed by atoms with van der Waals surface area (Å²) >= 11 is 1.61. The number of aromatic nitrogens is 5. The highest BCUT2D eigenvalue weighted by molar-refractivity contribution is 7.07. The van der Waals surface area contributed by atoms with Crippen molar-refractivity contribution in [2.75, 3.05) is 13.1 Å². The lowest BCUT2D eigenvalue weighted by molar-refractivity contribution is 0.0704. The molecule has 0 unspecified atom stereocenters. The summed E-state index contributed by atoms with van der Waals surface area (Å²) in [5.74, 6) is 1.47. The van der Waals surface area contributed by atoms with Crippen LogP contribution in [0.5, 0.6) is 0 Å². The number of H-pyrrole nitrogens is 1. The number of likely N-dealkylation sites (tertiary alicyclic amines) is 1. The molecule has 3 aromatic rings. The average Bonchev–Trinajstić information content (AvgIpc) is 3.37. The standard InChI is InChI=1S/C17H20N6OS/c1-12-8-15(21-20-12)17(24)22-5-2-13(3-6-22)16-18-4-7-23(16)9-14-10-25-11-19-14/h4,7-8,10-11,13H,2-3,5-6,9H2,1H3,(H,20,21). The van der Waals surface area contributed by atoms with Crippen molar-refractivity contribution in [2.45, 2.75) is 32.2 Å². The van der Waals surface area contributed by atoms with E-state index in [4.69, 9.17) is 0 Å². The first kappa shape index (κ1) is 16.0. The highest BCUT2D eigenvalue weighted by atomic mass is 32.1. The van der Waals surface area contributed by atoms with Gasteiger partial charge in [-0.05, 0) is 25.8 Å². The maximum Gasteiger partial charge on any atom is 0.274 e. The predicted molar refractivity (Wildman–Crippen MR) is 94.6 cm³/mol. The van der Waals surface area contributed by atoms with Crippen molar-refractivity contribution in [1.82, 2.24) is 29.6 Å². The molecule has 0 aromatic carbocycles. The van der Waals surface area contributed by atoms with Crippen LogP contribution in [0.2, 0.25) is 0 Å². The number of imidazole rings is 1. The van der Waals surface area contributed by atoms with Gasteiger partial charge in [-0.25, -0.2) is 9.97 Å². The minimum atomic E-state index is 0.00798. The SMILES string of the molecule is Cc1cc(C(=O)N2CCC(c3nccn3Cc3cscn3)CC2)n[nH]1. The van der Waals surface area contributed by atoms with Crippen LogP contribution in [0.25, 0.3) is 0 Å². The third-order valence-corrected chi connectivity index (χ3v) is 5.27. The van der Waals surface area contributed by atoms with Gasteiger partial charge in [-0.1, -0.05) is 0 Å². The number of hydrogen-bond donors (Lipinski definition) is 1. The Balaban J connectivity index is 1.41. The number of piperidine rings is 1. The molecule has 25 heavy (non-hydrogen) atoms. The Hall–Kier alpha value is -2.48. The molecule has 1 amide bonds. The Bertz CT molecular complexity index is 844. The zero-order valence-corrected chi connectivity index (χ0v) is 14.9. The molecular formula is C17H20N6OS. The summed E-state index contributed by atoms with van der Waals surface area (Å²) in [4.78, 5) is 23.3. The molecule has 8 heteroatoms. The van der Waals surface area contributed by atoms with Crippen molar-refractivity contribution in [3.63, 3.8) is 0 Å². The van der Waals surface area contributed by atoms with Crippen LogP contribution in [-0.2, 0) is 6.54 Å². The largest absolute Gasteiger partial charge is 0.337 e. The number of rotatable bonds is 4. The second kappa shape index (κ2) is 6.79. The van der Waals surface area contributed by atoms with E-state index in [0.717, 1.165) is 49.7 Å². The summed E-state index contributed by atoms with van der Waals surface area (Å²) in [5.41, 5.74) is 4.32. The van der Waals surface area contributed by atoms with Gasteiger partial charge < -0.3 is 9.47 Å². The van der Waals surface area contributed by atoms with Crippen LogP contribution in [0, 0.1) is 6.92 Å². The third-order valence-electron chi connectivity index (χ3n) is 4.64. The third kappa shape index (κ3) is 3.34. The first-order chi connectivity index (χ1) is 12.2. The van der Waals surface area contributed by atoms with Gasteiger partial charge in [0.15, 0.2) is 0 Å². The van der Waals surface area contributed by atoms with Crippen LogP contribution in [0.3, 0.4) is 0 Å². The molecule has 0 spiro atoms. The Morgan fingerprint density at radius 3 is 2.88 bits per heavy atom. The van der Waals surface area contributed by atoms with Crippen molar-refractivity contribution < 1.29 is 4.79 Å². The van der Waals surface area contributed by atoms with E-state index >= 15 is 0 Å². The minimum Gasteiger partial charge on any atom is -0.337 e. The molecule has 1 N–H and O–H groups in total. The van der Waals surface area contributed by atoms with Gasteiger partial charge in [0.25, 0.3) is 5.91 Å². The zero-order chi connectivity index (χ0) is 17.2. The fraction of sp³-hybridized carbons (Fsp3) is 0.412. The van der Waals surface area contributed by atoms with E-state index in [-0.39, 0.29) is 5.91 Å². The first-order valence-electron chi connectivity index (χ1n) is 8.40. The lowest BCUT2D eigenvalue weighted by Crippen LogP contribution is -2.38. The fourth-order valence-corrected chi connectivity index (χ4v) is 3.88. The van der Waals surface area contributed by atoms with Crippen molar-refractivity contribution in [3.05, 3.63) is 52.3 Å². The van der Waals surface area contributed by atoms with E-state index in [1.54, 1.807) is 17.4 Å². The highest BCUT2D eigenvalue weighted by Gasteiger charge is 2.27. The van der Waals surface area contributed by atoms with Gasteiger partial charge in [-0.15, -0.1) is 11.3 Å². The maximum atomic E-state index is 12.5. The second-order valence-electron chi connectivity index (χ2n) is 6.40. The Labute approximate surface area is 149 Å². The molecule has 1 fully saturated rings. The van der Waals surface area contributed by atoms with Crippen molar-refractivity contribution >= 4 is 17.2 Å². The van der Waals surface area contributed by atoms with Crippen molar-refractivity contribution in [2.24, 2.45) is 0 Å². The molecule has 0 saturated carbocycles. The molecule has 1 aliphatic rings. The summed E-state index contributed by atoms with van der Waals surface area (Å²) in [5, 5.41) is 8.98. The predicted octanol–water partition coefficient (Wildman–Crippen LogP) is 2.44. The topological polar surface area (TPSA) is 79.7 Å². The number of hydrogen-bond acceptors (Lipinski definition) is 5. The van der Waals surface area contributed by atoms with Gasteiger partial charge in [0.05, 0.1) is 17.7 Å². The lowest BCUT2D eigenvalue weighted by Gasteiger charge is -2.31. The van der Waals surface area contributed by atoms with E-state index in [0.29, 0.717) is 11.6 Å². The van der Waals surface area contributed by atoms with Crippen LogP contribution >= 0.6 is 11.3 Å². The van der Waals surface area contributed by atoms with Crippen LogP contribution in [0.15, 0.2) is 29.4 Å². The molecule has 0 radical (unpaired) electrons. The lowest BCUT2D eigenvalue weighted by atomic mass is 9.95. The number of nitrogens with zero attached hydrogens (tertiary/aromatic N) is 5. The molecule has 4 rings (SSSR count). The molecule has 0 atom stereocenters. The maximum absolute atomic E-state index is 12.5. The van der Waals surface area contributed by atoms with Gasteiger partial charge in [0, 0.05) is 42.5 Å². The van der Waals surface area contributed by atoms with Gasteiger partial charge >= 0.3 is 0 Å². The van der Waals surface area contributed by atoms with Crippen molar-refractivity contribution in [1.29, 1.82) is 0 Å². The number of aromatic amines is 1. The van der Waals surface area contributed by atoms with E-state index in [1.165, 1.54) is 0 Å². The number of nitrogens with one attached hydrogen (secondary N) is 1. The number of carbonyl (C=O) groups is 1. The quantitative estimate of drug-likeness (QED) is 0.779. The Kier molecular flexibility index (Phi) is 4.35. The molecule has 7 nitrogen and oxygen atoms in total. The normalized spacial score (nSPS) is 15.6. The van der Waals surface area contributed by atoms with Gasteiger partial charge in [-0.2, -0.15) is 5.10 Å². The fourth-order valence-electron chi connectivity index (χ4n) is 3.33. The van der Waals surface area contributed by atoms with E-state index in [1.807, 2.05) is 29.7 Å². The summed E-state index contributed by atoms with van der Waals surface area (Å²) in [6.45, 7) is 4.13. The first-order valence-corrected chi connectivity index (χ1v) is 9.34. The minimum absolute atomic E-state index is 0.00798. The number of thiazole rings is 1. The van der Waals surface area contributed by atoms with Crippen LogP contribution in [0.4, 0.5) is 0 Å².